The van der Waals surface area contributed by atoms with Gasteiger partial charge in [0.15, 0.2) is 0 Å². The Morgan fingerprint density at radius 2 is 1.80 bits per heavy atom. The van der Waals surface area contributed by atoms with Gasteiger partial charge in [-0.3, -0.25) is 10.2 Å². The van der Waals surface area contributed by atoms with Crippen LogP contribution in [-0.2, 0) is 4.79 Å². The summed E-state index contributed by atoms with van der Waals surface area (Å²) in [7, 11) is 0. The molecule has 0 aliphatic carbocycles. The van der Waals surface area contributed by atoms with Crippen LogP contribution < -0.4 is 20.9 Å². The number of hydrazine groups is 1. The van der Waals surface area contributed by atoms with E-state index in [0.717, 1.165) is 11.3 Å². The molecule has 2 unspecified atom stereocenters. The van der Waals surface area contributed by atoms with Crippen LogP contribution in [0.15, 0.2) is 60.7 Å². The molecule has 3 rings (SSSR count). The zero-order valence-corrected chi connectivity index (χ0v) is 13.9. The number of nitrogens with one attached hydrogen (secondary N) is 3. The van der Waals surface area contributed by atoms with Gasteiger partial charge in [0.2, 0.25) is 5.91 Å². The number of carbonyl (C=O) groups excluding carboxylic acids is 1. The van der Waals surface area contributed by atoms with Crippen LogP contribution in [0.2, 0.25) is 0 Å². The molecule has 1 heterocycles. The number of carbonyl (C=O) groups is 1. The van der Waals surface area contributed by atoms with Crippen LogP contribution in [0.25, 0.3) is 0 Å². The van der Waals surface area contributed by atoms with E-state index in [2.05, 4.69) is 16.2 Å². The van der Waals surface area contributed by atoms with Crippen molar-refractivity contribution in [3.05, 3.63) is 66.2 Å². The molecule has 25 heavy (non-hydrogen) atoms. The van der Waals surface area contributed by atoms with Crippen molar-refractivity contribution in [3.63, 3.8) is 0 Å². The third kappa shape index (κ3) is 4.79. The van der Waals surface area contributed by atoms with Crippen LogP contribution in [0.1, 0.15) is 18.0 Å². The third-order valence-corrected chi connectivity index (χ3v) is 4.19. The van der Waals surface area contributed by atoms with Crippen molar-refractivity contribution in [2.24, 2.45) is 0 Å². The van der Waals surface area contributed by atoms with Crippen molar-refractivity contribution in [2.45, 2.75) is 24.5 Å². The van der Waals surface area contributed by atoms with Crippen LogP contribution in [0.3, 0.4) is 0 Å². The van der Waals surface area contributed by atoms with Gasteiger partial charge in [0.25, 0.3) is 0 Å². The summed E-state index contributed by atoms with van der Waals surface area (Å²) in [6, 6.07) is 18.3. The zero-order chi connectivity index (χ0) is 17.5. The minimum Gasteiger partial charge on any atom is -0.492 e. The summed E-state index contributed by atoms with van der Waals surface area (Å²) in [5, 5.41) is 12.4. The quantitative estimate of drug-likeness (QED) is 0.607. The molecule has 6 nitrogen and oxygen atoms in total. The van der Waals surface area contributed by atoms with Crippen molar-refractivity contribution in [1.82, 2.24) is 16.2 Å². The van der Waals surface area contributed by atoms with Crippen molar-refractivity contribution in [1.29, 1.82) is 0 Å². The maximum absolute atomic E-state index is 12.4. The van der Waals surface area contributed by atoms with Crippen LogP contribution in [0, 0.1) is 0 Å². The number of hydrogen-bond acceptors (Lipinski definition) is 5. The molecule has 0 bridgehead atoms. The average Bonchev–Trinajstić information content (AvgIpc) is 3.15. The van der Waals surface area contributed by atoms with Crippen molar-refractivity contribution in [3.8, 4) is 5.75 Å². The number of rotatable bonds is 7. The lowest BCUT2D eigenvalue weighted by molar-refractivity contribution is -0.124. The Labute approximate surface area is 147 Å². The molecule has 1 aliphatic rings. The van der Waals surface area contributed by atoms with Crippen LogP contribution in [0.5, 0.6) is 5.75 Å². The largest absolute Gasteiger partial charge is 0.492 e. The van der Waals surface area contributed by atoms with E-state index in [1.165, 1.54) is 0 Å². The van der Waals surface area contributed by atoms with Crippen LogP contribution in [-0.4, -0.2) is 36.3 Å². The van der Waals surface area contributed by atoms with Gasteiger partial charge in [-0.2, -0.15) is 0 Å². The van der Waals surface area contributed by atoms with Crippen molar-refractivity contribution in [2.75, 3.05) is 13.2 Å². The highest BCUT2D eigenvalue weighted by Gasteiger charge is 2.30. The van der Waals surface area contributed by atoms with E-state index in [-0.39, 0.29) is 24.6 Å². The molecule has 2 aromatic rings. The Bertz CT molecular complexity index is 666. The molecule has 4 N–H and O–H groups in total. The fraction of sp³-hybridized carbons (Fsp3) is 0.316. The normalized spacial score (nSPS) is 20.8. The number of aliphatic hydroxyl groups excluding tert-OH is 1. The Kier molecular flexibility index (Phi) is 6.00. The summed E-state index contributed by atoms with van der Waals surface area (Å²) in [5.41, 5.74) is 6.97. The molecule has 6 heteroatoms. The fourth-order valence-corrected chi connectivity index (χ4v) is 2.81. The molecule has 0 aromatic heterocycles. The highest BCUT2D eigenvalue weighted by Crippen LogP contribution is 2.14. The molecule has 0 radical (unpaired) electrons. The number of benzene rings is 2. The number of aliphatic hydroxyl groups is 1. The minimum absolute atomic E-state index is 0.0419. The van der Waals surface area contributed by atoms with E-state index in [0.29, 0.717) is 13.0 Å². The predicted molar refractivity (Wildman–Crippen MR) is 94.8 cm³/mol. The summed E-state index contributed by atoms with van der Waals surface area (Å²) < 4.78 is 5.72. The highest BCUT2D eigenvalue weighted by molar-refractivity contribution is 5.82. The molecule has 1 amide bonds. The van der Waals surface area contributed by atoms with Gasteiger partial charge in [0, 0.05) is 0 Å². The Morgan fingerprint density at radius 1 is 1.12 bits per heavy atom. The van der Waals surface area contributed by atoms with Gasteiger partial charge < -0.3 is 15.2 Å². The first kappa shape index (κ1) is 17.4. The standard InChI is InChI=1S/C19H23N3O3/c23-12-18(14-7-3-1-4-8-14)20-19(24)17-11-15(21-22-17)13-25-16-9-5-2-6-10-16/h1-10,15,17-18,21-23H,11-13H2,(H,20,24)/t15?,17?,18-/m1/s1. The van der Waals surface area contributed by atoms with E-state index < -0.39 is 6.04 Å². The summed E-state index contributed by atoms with van der Waals surface area (Å²) >= 11 is 0. The predicted octanol–water partition coefficient (Wildman–Crippen LogP) is 1.15. The second-order valence-electron chi connectivity index (χ2n) is 6.05. The number of ether oxygens (including phenoxy) is 1. The first-order valence-electron chi connectivity index (χ1n) is 8.41. The smallest absolute Gasteiger partial charge is 0.239 e. The lowest BCUT2D eigenvalue weighted by Gasteiger charge is -2.19. The van der Waals surface area contributed by atoms with Crippen LogP contribution in [0.4, 0.5) is 0 Å². The highest BCUT2D eigenvalue weighted by atomic mass is 16.5. The molecule has 1 saturated heterocycles. The van der Waals surface area contributed by atoms with Gasteiger partial charge in [-0.25, -0.2) is 5.43 Å². The molecule has 1 aliphatic heterocycles. The van der Waals surface area contributed by atoms with E-state index in [4.69, 9.17) is 4.74 Å². The first-order valence-corrected chi connectivity index (χ1v) is 8.41. The number of para-hydroxylation sites is 1. The Balaban J connectivity index is 1.48. The van der Waals surface area contributed by atoms with E-state index in [1.807, 2.05) is 60.7 Å². The first-order chi connectivity index (χ1) is 12.3. The molecular formula is C19H23N3O3. The summed E-state index contributed by atoms with van der Waals surface area (Å²) in [6.07, 6.45) is 0.617. The minimum atomic E-state index is -0.407. The molecule has 132 valence electrons. The monoisotopic (exact) mass is 341 g/mol. The SMILES string of the molecule is O=C(N[C@H](CO)c1ccccc1)C1CC(COc2ccccc2)NN1. The van der Waals surface area contributed by atoms with E-state index in [9.17, 15) is 9.90 Å². The zero-order valence-electron chi connectivity index (χ0n) is 13.9. The van der Waals surface area contributed by atoms with Gasteiger partial charge in [-0.1, -0.05) is 48.5 Å². The van der Waals surface area contributed by atoms with Crippen molar-refractivity contribution < 1.29 is 14.6 Å². The van der Waals surface area contributed by atoms with Gasteiger partial charge in [-0.15, -0.1) is 0 Å². The molecule has 1 fully saturated rings. The maximum Gasteiger partial charge on any atom is 0.239 e. The van der Waals surface area contributed by atoms with Crippen molar-refractivity contribution >= 4 is 5.91 Å². The number of hydrogen-bond donors (Lipinski definition) is 4. The molecule has 0 saturated carbocycles. The Hall–Kier alpha value is -2.41. The maximum atomic E-state index is 12.4. The average molecular weight is 341 g/mol. The van der Waals surface area contributed by atoms with Gasteiger partial charge in [-0.05, 0) is 24.1 Å². The second kappa shape index (κ2) is 8.62. The summed E-state index contributed by atoms with van der Waals surface area (Å²) in [6.45, 7) is 0.333. The van der Waals surface area contributed by atoms with E-state index >= 15 is 0 Å². The summed E-state index contributed by atoms with van der Waals surface area (Å²) in [5.74, 6) is 0.666. The van der Waals surface area contributed by atoms with Gasteiger partial charge in [0.1, 0.15) is 18.4 Å². The molecule has 3 atom stereocenters. The van der Waals surface area contributed by atoms with Gasteiger partial charge >= 0.3 is 0 Å². The van der Waals surface area contributed by atoms with Crippen LogP contribution >= 0.6 is 0 Å². The molecule has 0 spiro atoms. The second-order valence-corrected chi connectivity index (χ2v) is 6.05. The lowest BCUT2D eigenvalue weighted by Crippen LogP contribution is -2.45. The topological polar surface area (TPSA) is 82.6 Å². The lowest BCUT2D eigenvalue weighted by atomic mass is 10.1. The Morgan fingerprint density at radius 3 is 2.48 bits per heavy atom. The summed E-state index contributed by atoms with van der Waals surface area (Å²) in [4.78, 5) is 12.4. The fourth-order valence-electron chi connectivity index (χ4n) is 2.81. The molecule has 2 aromatic carbocycles. The third-order valence-electron chi connectivity index (χ3n) is 4.19. The molecular weight excluding hydrogens is 318 g/mol. The van der Waals surface area contributed by atoms with E-state index in [1.54, 1.807) is 0 Å². The number of amides is 1. The van der Waals surface area contributed by atoms with Gasteiger partial charge in [0.05, 0.1) is 18.7 Å².